The molecule has 0 unspecified atom stereocenters. The van der Waals surface area contributed by atoms with Crippen molar-refractivity contribution >= 4 is 34.2 Å². The van der Waals surface area contributed by atoms with Crippen LogP contribution in [-0.4, -0.2) is 27.5 Å². The van der Waals surface area contributed by atoms with Gasteiger partial charge in [0.25, 0.3) is 5.91 Å². The van der Waals surface area contributed by atoms with Gasteiger partial charge < -0.3 is 15.2 Å². The zero-order chi connectivity index (χ0) is 23.7. The second kappa shape index (κ2) is 8.66. The molecule has 1 amide bonds. The number of ether oxygens (including phenoxy) is 1. The number of carbonyl (C=O) groups excluding carboxylic acids is 1. The summed E-state index contributed by atoms with van der Waals surface area (Å²) in [6.45, 7) is 2.41. The van der Waals surface area contributed by atoms with Gasteiger partial charge in [0.2, 0.25) is 0 Å². The van der Waals surface area contributed by atoms with Crippen LogP contribution in [0.25, 0.3) is 10.8 Å². The molecular weight excluding hydrogens is 449 g/mol. The predicted molar refractivity (Wildman–Crippen MR) is 112 cm³/mol. The molecule has 3 aromatic rings. The average Bonchev–Trinajstić information content (AvgIpc) is 2.72. The number of carboxylic acid groups (broad SMARTS) is 1. The SMILES string of the molecule is CC(C)(NC(=O)c1cc(Cl)c2ccccc2c1OCc1ccc(C(F)(F)F)cn1)C(=O)O. The van der Waals surface area contributed by atoms with Gasteiger partial charge in [0, 0.05) is 22.0 Å². The molecule has 1 heterocycles. The number of rotatable bonds is 6. The lowest BCUT2D eigenvalue weighted by Crippen LogP contribution is -2.49. The van der Waals surface area contributed by atoms with E-state index in [1.165, 1.54) is 26.0 Å². The number of aromatic nitrogens is 1. The van der Waals surface area contributed by atoms with Crippen LogP contribution in [0.5, 0.6) is 5.75 Å². The fourth-order valence-electron chi connectivity index (χ4n) is 2.86. The molecule has 0 saturated carbocycles. The minimum Gasteiger partial charge on any atom is -0.486 e. The topological polar surface area (TPSA) is 88.5 Å². The number of alkyl halides is 3. The number of nitrogens with zero attached hydrogens (tertiary/aromatic N) is 1. The molecule has 168 valence electrons. The van der Waals surface area contributed by atoms with Gasteiger partial charge in [-0.2, -0.15) is 13.2 Å². The summed E-state index contributed by atoms with van der Waals surface area (Å²) in [5.74, 6) is -1.88. The van der Waals surface area contributed by atoms with Crippen LogP contribution in [0.3, 0.4) is 0 Å². The van der Waals surface area contributed by atoms with Crippen molar-refractivity contribution in [1.29, 1.82) is 0 Å². The molecule has 0 aliphatic heterocycles. The monoisotopic (exact) mass is 466 g/mol. The lowest BCUT2D eigenvalue weighted by atomic mass is 10.0. The Morgan fingerprint density at radius 3 is 2.34 bits per heavy atom. The molecule has 0 saturated heterocycles. The lowest BCUT2D eigenvalue weighted by molar-refractivity contribution is -0.143. The molecule has 0 radical (unpaired) electrons. The van der Waals surface area contributed by atoms with Crippen LogP contribution in [0.1, 0.15) is 35.5 Å². The van der Waals surface area contributed by atoms with Crippen molar-refractivity contribution in [2.24, 2.45) is 0 Å². The Kier molecular flexibility index (Phi) is 6.32. The number of nitrogens with one attached hydrogen (secondary N) is 1. The number of hydrogen-bond acceptors (Lipinski definition) is 4. The second-order valence-electron chi connectivity index (χ2n) is 7.49. The third-order valence-electron chi connectivity index (χ3n) is 4.67. The molecular formula is C22H18ClF3N2O4. The van der Waals surface area contributed by atoms with Crippen molar-refractivity contribution in [2.45, 2.75) is 32.2 Å². The molecule has 0 fully saturated rings. The van der Waals surface area contributed by atoms with Gasteiger partial charge >= 0.3 is 12.1 Å². The summed E-state index contributed by atoms with van der Waals surface area (Å²) in [6.07, 6.45) is -3.82. The highest BCUT2D eigenvalue weighted by Crippen LogP contribution is 2.36. The zero-order valence-corrected chi connectivity index (χ0v) is 17.7. The van der Waals surface area contributed by atoms with Crippen LogP contribution in [-0.2, 0) is 17.6 Å². The van der Waals surface area contributed by atoms with E-state index >= 15 is 0 Å². The number of halogens is 4. The molecule has 0 aliphatic rings. The average molecular weight is 467 g/mol. The highest BCUT2D eigenvalue weighted by atomic mass is 35.5. The molecule has 0 atom stereocenters. The number of carbonyl (C=O) groups is 2. The van der Waals surface area contributed by atoms with Crippen LogP contribution < -0.4 is 10.1 Å². The van der Waals surface area contributed by atoms with Crippen LogP contribution >= 0.6 is 11.6 Å². The van der Waals surface area contributed by atoms with Gasteiger partial charge in [-0.25, -0.2) is 4.79 Å². The lowest BCUT2D eigenvalue weighted by Gasteiger charge is -2.22. The second-order valence-corrected chi connectivity index (χ2v) is 7.90. The first-order valence-corrected chi connectivity index (χ1v) is 9.70. The molecule has 0 spiro atoms. The minimum atomic E-state index is -4.51. The highest BCUT2D eigenvalue weighted by Gasteiger charge is 2.32. The number of fused-ring (bicyclic) bond motifs is 1. The van der Waals surface area contributed by atoms with Crippen LogP contribution in [0.2, 0.25) is 5.02 Å². The van der Waals surface area contributed by atoms with Crippen molar-refractivity contribution in [1.82, 2.24) is 10.3 Å². The van der Waals surface area contributed by atoms with Gasteiger partial charge in [0.15, 0.2) is 0 Å². The van der Waals surface area contributed by atoms with Crippen molar-refractivity contribution in [3.8, 4) is 5.75 Å². The summed E-state index contributed by atoms with van der Waals surface area (Å²) in [5, 5.41) is 13.0. The summed E-state index contributed by atoms with van der Waals surface area (Å²) in [7, 11) is 0. The number of carboxylic acids is 1. The molecule has 0 aliphatic carbocycles. The maximum atomic E-state index is 12.9. The first-order chi connectivity index (χ1) is 14.9. The number of amides is 1. The van der Waals surface area contributed by atoms with E-state index in [1.807, 2.05) is 0 Å². The minimum absolute atomic E-state index is 0.0186. The van der Waals surface area contributed by atoms with E-state index < -0.39 is 29.2 Å². The Hall–Kier alpha value is -3.33. The maximum absolute atomic E-state index is 12.9. The van der Waals surface area contributed by atoms with E-state index in [4.69, 9.17) is 16.3 Å². The van der Waals surface area contributed by atoms with E-state index in [0.29, 0.717) is 17.0 Å². The van der Waals surface area contributed by atoms with E-state index in [9.17, 15) is 27.9 Å². The summed E-state index contributed by atoms with van der Waals surface area (Å²) in [4.78, 5) is 28.1. The van der Waals surface area contributed by atoms with E-state index in [-0.39, 0.29) is 28.6 Å². The van der Waals surface area contributed by atoms with Gasteiger partial charge in [-0.3, -0.25) is 9.78 Å². The molecule has 3 rings (SSSR count). The molecule has 10 heteroatoms. The van der Waals surface area contributed by atoms with Crippen molar-refractivity contribution < 1.29 is 32.6 Å². The summed E-state index contributed by atoms with van der Waals surface area (Å²) >= 11 is 6.32. The largest absolute Gasteiger partial charge is 0.486 e. The summed E-state index contributed by atoms with van der Waals surface area (Å²) < 4.78 is 44.0. The number of hydrogen-bond donors (Lipinski definition) is 2. The smallest absolute Gasteiger partial charge is 0.417 e. The first kappa shape index (κ1) is 23.3. The van der Waals surface area contributed by atoms with Gasteiger partial charge in [0.05, 0.1) is 16.8 Å². The third-order valence-corrected chi connectivity index (χ3v) is 4.98. The molecule has 1 aromatic heterocycles. The van der Waals surface area contributed by atoms with Crippen LogP contribution in [0.15, 0.2) is 48.7 Å². The molecule has 6 nitrogen and oxygen atoms in total. The molecule has 32 heavy (non-hydrogen) atoms. The molecule has 2 N–H and O–H groups in total. The zero-order valence-electron chi connectivity index (χ0n) is 17.0. The molecule has 2 aromatic carbocycles. The van der Waals surface area contributed by atoms with Crippen molar-refractivity contribution in [2.75, 3.05) is 0 Å². The third kappa shape index (κ3) is 4.94. The number of aliphatic carboxylic acids is 1. The van der Waals surface area contributed by atoms with Gasteiger partial charge in [0.1, 0.15) is 17.9 Å². The Morgan fingerprint density at radius 2 is 1.78 bits per heavy atom. The number of pyridine rings is 1. The van der Waals surface area contributed by atoms with Crippen molar-refractivity contribution in [3.63, 3.8) is 0 Å². The Bertz CT molecular complexity index is 1180. The van der Waals surface area contributed by atoms with Gasteiger partial charge in [-0.1, -0.05) is 35.9 Å². The summed E-state index contributed by atoms with van der Waals surface area (Å²) in [6, 6.07) is 10.2. The van der Waals surface area contributed by atoms with Crippen LogP contribution in [0.4, 0.5) is 13.2 Å². The highest BCUT2D eigenvalue weighted by molar-refractivity contribution is 6.36. The Labute approximate surface area is 186 Å². The first-order valence-electron chi connectivity index (χ1n) is 9.32. The quantitative estimate of drug-likeness (QED) is 0.529. The number of benzene rings is 2. The standard InChI is InChI=1S/C22H18ClF3N2O4/c1-21(2,20(30)31)28-19(29)16-9-17(23)14-5-3-4-6-15(14)18(16)32-11-13-8-7-12(10-27-13)22(24,25)26/h3-10H,11H2,1-2H3,(H,28,29)(H,30,31). The van der Waals surface area contributed by atoms with Crippen LogP contribution in [0, 0.1) is 0 Å². The predicted octanol–water partition coefficient (Wildman–Crippen LogP) is 5.08. The fourth-order valence-corrected chi connectivity index (χ4v) is 3.13. The van der Waals surface area contributed by atoms with Gasteiger partial charge in [-0.05, 0) is 32.0 Å². The van der Waals surface area contributed by atoms with Crippen molar-refractivity contribution in [3.05, 3.63) is 70.5 Å². The van der Waals surface area contributed by atoms with E-state index in [2.05, 4.69) is 10.3 Å². The molecule has 0 bridgehead atoms. The maximum Gasteiger partial charge on any atom is 0.417 e. The Balaban J connectivity index is 1.99. The summed E-state index contributed by atoms with van der Waals surface area (Å²) in [5.41, 5.74) is -2.28. The normalized spacial score (nSPS) is 11.9. The Morgan fingerprint density at radius 1 is 1.12 bits per heavy atom. The van der Waals surface area contributed by atoms with E-state index in [0.717, 1.165) is 6.07 Å². The fraction of sp³-hybridized carbons (Fsp3) is 0.227. The van der Waals surface area contributed by atoms with E-state index in [1.54, 1.807) is 24.3 Å². The van der Waals surface area contributed by atoms with Gasteiger partial charge in [-0.15, -0.1) is 0 Å².